The summed E-state index contributed by atoms with van der Waals surface area (Å²) in [6.45, 7) is 1.74. The first-order chi connectivity index (χ1) is 11.8. The number of fused-ring (bicyclic) bond motifs is 1. The van der Waals surface area contributed by atoms with Gasteiger partial charge in [0.05, 0.1) is 16.7 Å². The number of amides is 3. The first kappa shape index (κ1) is 16.4. The van der Waals surface area contributed by atoms with Crippen LogP contribution in [0.3, 0.4) is 0 Å². The number of hydrogen-bond donors (Lipinski definition) is 2. The van der Waals surface area contributed by atoms with E-state index in [9.17, 15) is 19.2 Å². The Bertz CT molecular complexity index is 948. The molecule has 2 N–H and O–H groups in total. The highest BCUT2D eigenvalue weighted by molar-refractivity contribution is 6.22. The summed E-state index contributed by atoms with van der Waals surface area (Å²) in [5.41, 5.74) is 1.76. The zero-order valence-electron chi connectivity index (χ0n) is 13.5. The molecule has 0 aromatic heterocycles. The van der Waals surface area contributed by atoms with Gasteiger partial charge in [0.2, 0.25) is 0 Å². The minimum atomic E-state index is -1.10. The third kappa shape index (κ3) is 2.76. The molecule has 126 valence electrons. The average Bonchev–Trinajstić information content (AvgIpc) is 2.80. The molecule has 0 radical (unpaired) electrons. The maximum atomic E-state index is 12.4. The molecule has 7 heteroatoms. The van der Waals surface area contributed by atoms with Gasteiger partial charge < -0.3 is 10.4 Å². The van der Waals surface area contributed by atoms with E-state index in [-0.39, 0.29) is 22.3 Å². The highest BCUT2D eigenvalue weighted by Crippen LogP contribution is 2.24. The lowest BCUT2D eigenvalue weighted by Gasteiger charge is -2.10. The molecule has 7 nitrogen and oxygen atoms in total. The van der Waals surface area contributed by atoms with Crippen molar-refractivity contribution in [1.82, 2.24) is 4.90 Å². The summed E-state index contributed by atoms with van der Waals surface area (Å²) in [5, 5.41) is 11.7. The van der Waals surface area contributed by atoms with E-state index < -0.39 is 23.7 Å². The molecule has 0 bridgehead atoms. The smallest absolute Gasteiger partial charge is 0.335 e. The van der Waals surface area contributed by atoms with Crippen molar-refractivity contribution in [3.8, 4) is 0 Å². The van der Waals surface area contributed by atoms with E-state index in [0.717, 1.165) is 4.90 Å². The molecule has 1 aliphatic heterocycles. The van der Waals surface area contributed by atoms with Gasteiger partial charge in [-0.2, -0.15) is 0 Å². The Morgan fingerprint density at radius 2 is 1.60 bits per heavy atom. The van der Waals surface area contributed by atoms with Crippen LogP contribution in [-0.4, -0.2) is 40.7 Å². The first-order valence-electron chi connectivity index (χ1n) is 7.41. The number of carboxylic acids is 1. The Kier molecular flexibility index (Phi) is 3.84. The number of carbonyl (C=O) groups is 4. The Hall–Kier alpha value is -3.48. The molecule has 1 heterocycles. The van der Waals surface area contributed by atoms with Gasteiger partial charge in [0.1, 0.15) is 0 Å². The maximum Gasteiger partial charge on any atom is 0.335 e. The van der Waals surface area contributed by atoms with Crippen molar-refractivity contribution in [2.24, 2.45) is 0 Å². The Morgan fingerprint density at radius 1 is 0.960 bits per heavy atom. The van der Waals surface area contributed by atoms with Gasteiger partial charge in [-0.15, -0.1) is 0 Å². The van der Waals surface area contributed by atoms with Crippen molar-refractivity contribution >= 4 is 29.4 Å². The molecule has 0 atom stereocenters. The molecule has 2 aromatic rings. The monoisotopic (exact) mass is 338 g/mol. The van der Waals surface area contributed by atoms with Gasteiger partial charge >= 0.3 is 5.97 Å². The second-order valence-corrected chi connectivity index (χ2v) is 5.72. The van der Waals surface area contributed by atoms with Crippen LogP contribution in [0.2, 0.25) is 0 Å². The van der Waals surface area contributed by atoms with Crippen LogP contribution in [0.1, 0.15) is 47.0 Å². The highest BCUT2D eigenvalue weighted by atomic mass is 16.4. The summed E-state index contributed by atoms with van der Waals surface area (Å²) in [4.78, 5) is 48.4. The molecule has 1 aliphatic rings. The molecule has 0 saturated heterocycles. The van der Waals surface area contributed by atoms with Gasteiger partial charge in [-0.3, -0.25) is 19.3 Å². The summed E-state index contributed by atoms with van der Waals surface area (Å²) in [6, 6.07) is 8.67. The van der Waals surface area contributed by atoms with E-state index in [1.807, 2.05) is 0 Å². The van der Waals surface area contributed by atoms with Gasteiger partial charge in [-0.05, 0) is 42.8 Å². The topological polar surface area (TPSA) is 104 Å². The zero-order chi connectivity index (χ0) is 18.3. The summed E-state index contributed by atoms with van der Waals surface area (Å²) in [6.07, 6.45) is 0. The number of aromatic carboxylic acids is 1. The quantitative estimate of drug-likeness (QED) is 0.835. The van der Waals surface area contributed by atoms with Crippen molar-refractivity contribution in [2.75, 3.05) is 12.4 Å². The van der Waals surface area contributed by atoms with Gasteiger partial charge in [0.25, 0.3) is 17.7 Å². The third-order valence-corrected chi connectivity index (χ3v) is 4.08. The number of aryl methyl sites for hydroxylation is 1. The van der Waals surface area contributed by atoms with E-state index in [2.05, 4.69) is 5.32 Å². The van der Waals surface area contributed by atoms with E-state index in [4.69, 9.17) is 5.11 Å². The SMILES string of the molecule is Cc1ccc(C(=O)O)cc1NC(=O)c1ccc2c(c1)C(=O)N(C)C2=O. The number of hydrogen-bond acceptors (Lipinski definition) is 4. The molecule has 2 aromatic carbocycles. The Balaban J connectivity index is 1.91. The molecule has 0 aliphatic carbocycles. The number of nitrogens with one attached hydrogen (secondary N) is 1. The minimum Gasteiger partial charge on any atom is -0.478 e. The second kappa shape index (κ2) is 5.86. The predicted octanol–water partition coefficient (Wildman–Crippen LogP) is 2.17. The second-order valence-electron chi connectivity index (χ2n) is 5.72. The normalized spacial score (nSPS) is 13.0. The van der Waals surface area contributed by atoms with E-state index >= 15 is 0 Å². The van der Waals surface area contributed by atoms with Crippen LogP contribution < -0.4 is 5.32 Å². The van der Waals surface area contributed by atoms with E-state index in [0.29, 0.717) is 11.3 Å². The molecule has 0 spiro atoms. The molecular weight excluding hydrogens is 324 g/mol. The largest absolute Gasteiger partial charge is 0.478 e. The van der Waals surface area contributed by atoms with Crippen molar-refractivity contribution in [3.63, 3.8) is 0 Å². The summed E-state index contributed by atoms with van der Waals surface area (Å²) >= 11 is 0. The van der Waals surface area contributed by atoms with Gasteiger partial charge in [-0.25, -0.2) is 4.79 Å². The number of carbonyl (C=O) groups excluding carboxylic acids is 3. The standard InChI is InChI=1S/C18H14N2O5/c1-9-3-4-11(18(24)25)8-14(9)19-15(21)10-5-6-12-13(7-10)17(23)20(2)16(12)22/h3-8H,1-2H3,(H,19,21)(H,24,25). The van der Waals surface area contributed by atoms with Crippen LogP contribution in [0.25, 0.3) is 0 Å². The lowest BCUT2D eigenvalue weighted by atomic mass is 10.0. The molecule has 25 heavy (non-hydrogen) atoms. The molecule has 3 amide bonds. The number of carboxylic acid groups (broad SMARTS) is 1. The van der Waals surface area contributed by atoms with Gasteiger partial charge in [0.15, 0.2) is 0 Å². The molecule has 3 rings (SSSR count). The number of anilines is 1. The summed E-state index contributed by atoms with van der Waals surface area (Å²) < 4.78 is 0. The van der Waals surface area contributed by atoms with E-state index in [1.165, 1.54) is 37.4 Å². The Morgan fingerprint density at radius 3 is 2.28 bits per heavy atom. The van der Waals surface area contributed by atoms with Crippen molar-refractivity contribution < 1.29 is 24.3 Å². The summed E-state index contributed by atoms with van der Waals surface area (Å²) in [5.74, 6) is -2.46. The van der Waals surface area contributed by atoms with Crippen LogP contribution in [0.15, 0.2) is 36.4 Å². The van der Waals surface area contributed by atoms with Crippen LogP contribution >= 0.6 is 0 Å². The summed E-state index contributed by atoms with van der Waals surface area (Å²) in [7, 11) is 1.38. The number of benzene rings is 2. The number of nitrogens with zero attached hydrogens (tertiary/aromatic N) is 1. The van der Waals surface area contributed by atoms with Gasteiger partial charge in [0, 0.05) is 18.3 Å². The molecule has 0 saturated carbocycles. The van der Waals surface area contributed by atoms with E-state index in [1.54, 1.807) is 13.0 Å². The number of imide groups is 1. The average molecular weight is 338 g/mol. The van der Waals surface area contributed by atoms with Crippen LogP contribution in [0, 0.1) is 6.92 Å². The van der Waals surface area contributed by atoms with Crippen molar-refractivity contribution in [3.05, 3.63) is 64.2 Å². The van der Waals surface area contributed by atoms with Crippen molar-refractivity contribution in [2.45, 2.75) is 6.92 Å². The lowest BCUT2D eigenvalue weighted by Crippen LogP contribution is -2.24. The molecule has 0 fully saturated rings. The fourth-order valence-electron chi connectivity index (χ4n) is 2.59. The van der Waals surface area contributed by atoms with Crippen LogP contribution in [-0.2, 0) is 0 Å². The van der Waals surface area contributed by atoms with Crippen LogP contribution in [0.5, 0.6) is 0 Å². The highest BCUT2D eigenvalue weighted by Gasteiger charge is 2.33. The maximum absolute atomic E-state index is 12.4. The van der Waals surface area contributed by atoms with Crippen molar-refractivity contribution in [1.29, 1.82) is 0 Å². The minimum absolute atomic E-state index is 0.0530. The first-order valence-corrected chi connectivity index (χ1v) is 7.41. The fourth-order valence-corrected chi connectivity index (χ4v) is 2.59. The molecular formula is C18H14N2O5. The van der Waals surface area contributed by atoms with Gasteiger partial charge in [-0.1, -0.05) is 6.07 Å². The zero-order valence-corrected chi connectivity index (χ0v) is 13.5. The Labute approximate surface area is 142 Å². The predicted molar refractivity (Wildman–Crippen MR) is 89.0 cm³/mol. The lowest BCUT2D eigenvalue weighted by molar-refractivity contribution is 0.0682. The third-order valence-electron chi connectivity index (χ3n) is 4.08. The molecule has 0 unspecified atom stereocenters. The fraction of sp³-hybridized carbons (Fsp3) is 0.111. The van der Waals surface area contributed by atoms with Crippen LogP contribution in [0.4, 0.5) is 5.69 Å². The number of rotatable bonds is 3.